The third kappa shape index (κ3) is 3.81. The van der Waals surface area contributed by atoms with Crippen molar-refractivity contribution in [2.24, 2.45) is 0 Å². The lowest BCUT2D eigenvalue weighted by atomic mass is 10.1. The van der Waals surface area contributed by atoms with Crippen LogP contribution in [0, 0.1) is 20.8 Å². The topological polar surface area (TPSA) is 54.0 Å². The summed E-state index contributed by atoms with van der Waals surface area (Å²) in [6, 6.07) is 13.6. The number of anilines is 2. The summed E-state index contributed by atoms with van der Waals surface area (Å²) in [7, 11) is 0. The van der Waals surface area contributed by atoms with E-state index in [1.807, 2.05) is 42.6 Å². The van der Waals surface area contributed by atoms with E-state index in [1.165, 1.54) is 22.5 Å². The molecule has 0 saturated carbocycles. The van der Waals surface area contributed by atoms with Gasteiger partial charge in [0.1, 0.15) is 0 Å². The fourth-order valence-corrected chi connectivity index (χ4v) is 2.98. The van der Waals surface area contributed by atoms with E-state index in [-0.39, 0.29) is 6.03 Å². The van der Waals surface area contributed by atoms with Crippen molar-refractivity contribution in [3.8, 4) is 11.3 Å². The van der Waals surface area contributed by atoms with Crippen molar-refractivity contribution in [3.05, 3.63) is 64.5 Å². The molecule has 2 N–H and O–H groups in total. The SMILES string of the molecule is Cc1ccc(NC(=O)Nc2nc(-c3ccc(C)c(C)c3)cs2)cc1. The molecule has 3 rings (SSSR count). The number of hydrogen-bond donors (Lipinski definition) is 2. The number of carbonyl (C=O) groups is 1. The van der Waals surface area contributed by atoms with Crippen LogP contribution in [-0.4, -0.2) is 11.0 Å². The highest BCUT2D eigenvalue weighted by atomic mass is 32.1. The lowest BCUT2D eigenvalue weighted by molar-refractivity contribution is 0.262. The molecule has 0 aliphatic rings. The Morgan fingerprint density at radius 1 is 0.958 bits per heavy atom. The molecule has 1 aromatic heterocycles. The van der Waals surface area contributed by atoms with Crippen LogP contribution in [-0.2, 0) is 0 Å². The van der Waals surface area contributed by atoms with Crippen LogP contribution in [0.1, 0.15) is 16.7 Å². The van der Waals surface area contributed by atoms with Gasteiger partial charge in [-0.25, -0.2) is 9.78 Å². The van der Waals surface area contributed by atoms with Gasteiger partial charge in [-0.1, -0.05) is 29.8 Å². The van der Waals surface area contributed by atoms with Crippen molar-refractivity contribution in [1.82, 2.24) is 4.98 Å². The molecule has 2 aromatic carbocycles. The number of thiazole rings is 1. The number of aromatic nitrogens is 1. The molecule has 24 heavy (non-hydrogen) atoms. The smallest absolute Gasteiger partial charge is 0.308 e. The Morgan fingerprint density at radius 2 is 1.71 bits per heavy atom. The average Bonchev–Trinajstić information content (AvgIpc) is 3.00. The van der Waals surface area contributed by atoms with Crippen LogP contribution in [0.25, 0.3) is 11.3 Å². The summed E-state index contributed by atoms with van der Waals surface area (Å²) in [4.78, 5) is 16.5. The van der Waals surface area contributed by atoms with Gasteiger partial charge in [0.15, 0.2) is 5.13 Å². The van der Waals surface area contributed by atoms with Crippen LogP contribution >= 0.6 is 11.3 Å². The zero-order chi connectivity index (χ0) is 17.1. The van der Waals surface area contributed by atoms with Crippen LogP contribution in [0.2, 0.25) is 0 Å². The quantitative estimate of drug-likeness (QED) is 0.674. The number of rotatable bonds is 3. The second-order valence-corrected chi connectivity index (χ2v) is 6.64. The van der Waals surface area contributed by atoms with Gasteiger partial charge in [-0.2, -0.15) is 0 Å². The summed E-state index contributed by atoms with van der Waals surface area (Å²) in [5.41, 5.74) is 6.31. The minimum atomic E-state index is -0.292. The Hall–Kier alpha value is -2.66. The molecule has 0 atom stereocenters. The molecule has 1 heterocycles. The van der Waals surface area contributed by atoms with Gasteiger partial charge in [0.05, 0.1) is 5.69 Å². The van der Waals surface area contributed by atoms with E-state index in [2.05, 4.69) is 41.6 Å². The molecule has 0 saturated heterocycles. The van der Waals surface area contributed by atoms with E-state index in [0.717, 1.165) is 22.5 Å². The minimum Gasteiger partial charge on any atom is -0.308 e. The first kappa shape index (κ1) is 16.2. The molecular weight excluding hydrogens is 318 g/mol. The van der Waals surface area contributed by atoms with Crippen molar-refractivity contribution in [1.29, 1.82) is 0 Å². The number of aryl methyl sites for hydroxylation is 3. The summed E-state index contributed by atoms with van der Waals surface area (Å²) in [5, 5.41) is 8.11. The molecule has 0 unspecified atom stereocenters. The van der Waals surface area contributed by atoms with Gasteiger partial charge in [0.2, 0.25) is 0 Å². The van der Waals surface area contributed by atoms with Gasteiger partial charge in [-0.15, -0.1) is 11.3 Å². The van der Waals surface area contributed by atoms with Crippen molar-refractivity contribution in [2.45, 2.75) is 20.8 Å². The summed E-state index contributed by atoms with van der Waals surface area (Å²) in [5.74, 6) is 0. The van der Waals surface area contributed by atoms with E-state index in [9.17, 15) is 4.79 Å². The fraction of sp³-hybridized carbons (Fsp3) is 0.158. The van der Waals surface area contributed by atoms with Crippen molar-refractivity contribution < 1.29 is 4.79 Å². The molecule has 0 radical (unpaired) electrons. The second-order valence-electron chi connectivity index (χ2n) is 5.78. The van der Waals surface area contributed by atoms with E-state index in [0.29, 0.717) is 5.13 Å². The summed E-state index contributed by atoms with van der Waals surface area (Å²) < 4.78 is 0. The molecule has 122 valence electrons. The number of carbonyl (C=O) groups excluding carboxylic acids is 1. The minimum absolute atomic E-state index is 0.292. The van der Waals surface area contributed by atoms with E-state index < -0.39 is 0 Å². The third-order valence-corrected chi connectivity index (χ3v) is 4.59. The second kappa shape index (κ2) is 6.84. The van der Waals surface area contributed by atoms with Crippen molar-refractivity contribution in [2.75, 3.05) is 10.6 Å². The van der Waals surface area contributed by atoms with E-state index in [1.54, 1.807) is 0 Å². The summed E-state index contributed by atoms with van der Waals surface area (Å²) >= 11 is 1.41. The summed E-state index contributed by atoms with van der Waals surface area (Å²) in [6.07, 6.45) is 0. The Kier molecular flexibility index (Phi) is 4.62. The Balaban J connectivity index is 1.68. The first-order valence-corrected chi connectivity index (χ1v) is 8.57. The van der Waals surface area contributed by atoms with Crippen LogP contribution < -0.4 is 10.6 Å². The fourth-order valence-electron chi connectivity index (χ4n) is 2.26. The predicted octanol–water partition coefficient (Wildman–Crippen LogP) is 5.38. The van der Waals surface area contributed by atoms with Gasteiger partial charge in [-0.05, 0) is 50.1 Å². The Morgan fingerprint density at radius 3 is 2.42 bits per heavy atom. The highest BCUT2D eigenvalue weighted by Gasteiger charge is 2.09. The number of hydrogen-bond acceptors (Lipinski definition) is 3. The van der Waals surface area contributed by atoms with Crippen LogP contribution in [0.5, 0.6) is 0 Å². The van der Waals surface area contributed by atoms with Gasteiger partial charge in [0.25, 0.3) is 0 Å². The Bertz CT molecular complexity index is 869. The molecule has 0 bridgehead atoms. The van der Waals surface area contributed by atoms with Gasteiger partial charge in [-0.3, -0.25) is 5.32 Å². The van der Waals surface area contributed by atoms with Crippen molar-refractivity contribution >= 4 is 28.2 Å². The van der Waals surface area contributed by atoms with E-state index >= 15 is 0 Å². The molecule has 2 amide bonds. The maximum absolute atomic E-state index is 12.1. The average molecular weight is 337 g/mol. The highest BCUT2D eigenvalue weighted by Crippen LogP contribution is 2.26. The predicted molar refractivity (Wildman–Crippen MR) is 101 cm³/mol. The zero-order valence-electron chi connectivity index (χ0n) is 13.9. The van der Waals surface area contributed by atoms with E-state index in [4.69, 9.17) is 0 Å². The number of nitrogens with one attached hydrogen (secondary N) is 2. The maximum atomic E-state index is 12.1. The molecule has 3 aromatic rings. The summed E-state index contributed by atoms with van der Waals surface area (Å²) in [6.45, 7) is 6.18. The number of amides is 2. The number of urea groups is 1. The van der Waals surface area contributed by atoms with Crippen LogP contribution in [0.3, 0.4) is 0 Å². The third-order valence-electron chi connectivity index (χ3n) is 3.84. The first-order valence-electron chi connectivity index (χ1n) is 7.69. The maximum Gasteiger partial charge on any atom is 0.325 e. The molecule has 0 aliphatic heterocycles. The zero-order valence-corrected chi connectivity index (χ0v) is 14.7. The highest BCUT2D eigenvalue weighted by molar-refractivity contribution is 7.14. The molecule has 0 spiro atoms. The molecular formula is C19H19N3OS. The van der Waals surface area contributed by atoms with Gasteiger partial charge >= 0.3 is 6.03 Å². The first-order chi connectivity index (χ1) is 11.5. The molecule has 4 nitrogen and oxygen atoms in total. The molecule has 0 fully saturated rings. The normalized spacial score (nSPS) is 10.5. The lowest BCUT2D eigenvalue weighted by Crippen LogP contribution is -2.19. The molecule has 0 aliphatic carbocycles. The number of nitrogens with zero attached hydrogens (tertiary/aromatic N) is 1. The van der Waals surface area contributed by atoms with Crippen LogP contribution in [0.4, 0.5) is 15.6 Å². The Labute approximate surface area is 145 Å². The van der Waals surface area contributed by atoms with Gasteiger partial charge < -0.3 is 5.32 Å². The van der Waals surface area contributed by atoms with Crippen LogP contribution in [0.15, 0.2) is 47.8 Å². The van der Waals surface area contributed by atoms with Gasteiger partial charge in [0, 0.05) is 16.6 Å². The largest absolute Gasteiger partial charge is 0.325 e. The molecule has 5 heteroatoms. The monoisotopic (exact) mass is 337 g/mol. The number of benzene rings is 2. The van der Waals surface area contributed by atoms with Crippen molar-refractivity contribution in [3.63, 3.8) is 0 Å². The lowest BCUT2D eigenvalue weighted by Gasteiger charge is -2.05. The standard InChI is InChI=1S/C19H19N3OS/c1-12-4-8-16(9-5-12)20-18(23)22-19-21-17(11-24-19)15-7-6-13(2)14(3)10-15/h4-11H,1-3H3,(H2,20,21,22,23).